The van der Waals surface area contributed by atoms with Crippen molar-refractivity contribution in [2.75, 3.05) is 13.2 Å². The van der Waals surface area contributed by atoms with Gasteiger partial charge in [0.1, 0.15) is 6.10 Å². The lowest BCUT2D eigenvalue weighted by Crippen LogP contribution is -2.28. The van der Waals surface area contributed by atoms with Crippen molar-refractivity contribution in [3.05, 3.63) is 11.1 Å². The monoisotopic (exact) mass is 188 g/mol. The van der Waals surface area contributed by atoms with Gasteiger partial charge in [0.15, 0.2) is 0 Å². The molecule has 0 aromatic rings. The Balaban J connectivity index is 2.83. The molecule has 0 aromatic heterocycles. The molecule has 1 aliphatic rings. The fourth-order valence-electron chi connectivity index (χ4n) is 1.89. The lowest BCUT2D eigenvalue weighted by atomic mass is 9.96. The summed E-state index contributed by atoms with van der Waals surface area (Å²) >= 11 is 0. The molecule has 1 rings (SSSR count). The van der Waals surface area contributed by atoms with Gasteiger partial charge in [0.25, 0.3) is 0 Å². The summed E-state index contributed by atoms with van der Waals surface area (Å²) in [5, 5.41) is 36.8. The van der Waals surface area contributed by atoms with E-state index in [0.29, 0.717) is 17.6 Å². The van der Waals surface area contributed by atoms with Crippen molar-refractivity contribution in [3.8, 4) is 0 Å². The largest absolute Gasteiger partial charge is 0.396 e. The molecule has 76 valence electrons. The molecule has 1 aliphatic carbocycles. The number of aliphatic hydroxyl groups excluding tert-OH is 4. The van der Waals surface area contributed by atoms with E-state index in [9.17, 15) is 10.2 Å². The first-order valence-electron chi connectivity index (χ1n) is 4.40. The predicted molar refractivity (Wildman–Crippen MR) is 47.0 cm³/mol. The fraction of sp³-hybridized carbons (Fsp3) is 0.778. The van der Waals surface area contributed by atoms with E-state index >= 15 is 0 Å². The maximum Gasteiger partial charge on any atom is 0.102 e. The van der Waals surface area contributed by atoms with E-state index < -0.39 is 12.2 Å². The second kappa shape index (κ2) is 4.19. The maximum absolute atomic E-state index is 9.55. The summed E-state index contributed by atoms with van der Waals surface area (Å²) in [6.07, 6.45) is -1.39. The third-order valence-corrected chi connectivity index (χ3v) is 2.74. The van der Waals surface area contributed by atoms with E-state index in [1.165, 1.54) is 0 Å². The van der Waals surface area contributed by atoms with E-state index in [1.807, 2.05) is 0 Å². The van der Waals surface area contributed by atoms with E-state index in [0.717, 1.165) is 0 Å². The topological polar surface area (TPSA) is 80.9 Å². The molecule has 0 heterocycles. The van der Waals surface area contributed by atoms with Crippen LogP contribution in [0.5, 0.6) is 0 Å². The molecule has 0 spiro atoms. The number of rotatable bonds is 3. The van der Waals surface area contributed by atoms with Gasteiger partial charge in [-0.1, -0.05) is 0 Å². The zero-order valence-electron chi connectivity index (χ0n) is 7.64. The summed E-state index contributed by atoms with van der Waals surface area (Å²) in [6.45, 7) is 1.48. The molecule has 0 radical (unpaired) electrons. The number of hydrogen-bond donors (Lipinski definition) is 4. The number of aliphatic hydroxyl groups is 4. The summed E-state index contributed by atoms with van der Waals surface area (Å²) in [4.78, 5) is 0. The van der Waals surface area contributed by atoms with Crippen LogP contribution in [0.4, 0.5) is 0 Å². The van der Waals surface area contributed by atoms with Gasteiger partial charge in [0.05, 0.1) is 12.7 Å². The molecular weight excluding hydrogens is 172 g/mol. The third-order valence-electron chi connectivity index (χ3n) is 2.74. The minimum absolute atomic E-state index is 0.0504. The first-order valence-corrected chi connectivity index (χ1v) is 4.40. The molecule has 0 saturated heterocycles. The third kappa shape index (κ3) is 1.76. The highest BCUT2D eigenvalue weighted by Gasteiger charge is 2.37. The van der Waals surface area contributed by atoms with E-state index in [4.69, 9.17) is 10.2 Å². The second-order valence-corrected chi connectivity index (χ2v) is 3.42. The van der Waals surface area contributed by atoms with Crippen LogP contribution in [0.3, 0.4) is 0 Å². The minimum atomic E-state index is -0.890. The normalized spacial score (nSPS) is 34.4. The Morgan fingerprint density at radius 1 is 1.23 bits per heavy atom. The van der Waals surface area contributed by atoms with Crippen molar-refractivity contribution in [2.24, 2.45) is 5.92 Å². The Labute approximate surface area is 77.1 Å². The SMILES string of the molecule is CC1=C(CO)[C@H](CCO)[C@@H](O)[C@H]1O. The van der Waals surface area contributed by atoms with Crippen LogP contribution >= 0.6 is 0 Å². The Hall–Kier alpha value is -0.420. The quantitative estimate of drug-likeness (QED) is 0.429. The second-order valence-electron chi connectivity index (χ2n) is 3.42. The minimum Gasteiger partial charge on any atom is -0.396 e. The Bertz CT molecular complexity index is 212. The zero-order chi connectivity index (χ0) is 10.0. The summed E-state index contributed by atoms with van der Waals surface area (Å²) < 4.78 is 0. The van der Waals surface area contributed by atoms with Crippen molar-refractivity contribution in [1.29, 1.82) is 0 Å². The van der Waals surface area contributed by atoms with Crippen molar-refractivity contribution in [1.82, 2.24) is 0 Å². The highest BCUT2D eigenvalue weighted by molar-refractivity contribution is 5.28. The van der Waals surface area contributed by atoms with E-state index in [-0.39, 0.29) is 19.1 Å². The molecule has 4 nitrogen and oxygen atoms in total. The average molecular weight is 188 g/mol. The highest BCUT2D eigenvalue weighted by Crippen LogP contribution is 2.34. The molecule has 0 aliphatic heterocycles. The van der Waals surface area contributed by atoms with Gasteiger partial charge in [0.2, 0.25) is 0 Å². The Morgan fingerprint density at radius 3 is 2.31 bits per heavy atom. The summed E-state index contributed by atoms with van der Waals surface area (Å²) in [5.41, 5.74) is 1.29. The average Bonchev–Trinajstić information content (AvgIpc) is 2.32. The Kier molecular flexibility index (Phi) is 3.44. The van der Waals surface area contributed by atoms with Crippen LogP contribution in [-0.4, -0.2) is 45.8 Å². The first kappa shape index (κ1) is 10.7. The lowest BCUT2D eigenvalue weighted by Gasteiger charge is -2.17. The maximum atomic E-state index is 9.55. The summed E-state index contributed by atoms with van der Waals surface area (Å²) in [5.74, 6) is -0.301. The van der Waals surface area contributed by atoms with Gasteiger partial charge in [-0.15, -0.1) is 0 Å². The van der Waals surface area contributed by atoms with E-state index in [1.54, 1.807) is 6.92 Å². The van der Waals surface area contributed by atoms with Crippen molar-refractivity contribution >= 4 is 0 Å². The molecule has 4 N–H and O–H groups in total. The fourth-order valence-corrected chi connectivity index (χ4v) is 1.89. The van der Waals surface area contributed by atoms with Gasteiger partial charge < -0.3 is 20.4 Å². The van der Waals surface area contributed by atoms with Gasteiger partial charge in [-0.3, -0.25) is 0 Å². The molecule has 0 bridgehead atoms. The van der Waals surface area contributed by atoms with Gasteiger partial charge in [-0.25, -0.2) is 0 Å². The van der Waals surface area contributed by atoms with Crippen LogP contribution in [0.1, 0.15) is 13.3 Å². The van der Waals surface area contributed by atoms with Crippen molar-refractivity contribution in [3.63, 3.8) is 0 Å². The Morgan fingerprint density at radius 2 is 1.85 bits per heavy atom. The van der Waals surface area contributed by atoms with Gasteiger partial charge in [0, 0.05) is 12.5 Å². The van der Waals surface area contributed by atoms with Crippen LogP contribution in [-0.2, 0) is 0 Å². The van der Waals surface area contributed by atoms with Gasteiger partial charge in [-0.2, -0.15) is 0 Å². The smallest absolute Gasteiger partial charge is 0.102 e. The van der Waals surface area contributed by atoms with Crippen LogP contribution in [0.2, 0.25) is 0 Å². The molecule has 4 heteroatoms. The van der Waals surface area contributed by atoms with Gasteiger partial charge in [-0.05, 0) is 24.5 Å². The van der Waals surface area contributed by atoms with Crippen LogP contribution in [0, 0.1) is 5.92 Å². The first-order chi connectivity index (χ1) is 6.13. The molecule has 0 aromatic carbocycles. The number of hydrogen-bond acceptors (Lipinski definition) is 4. The molecular formula is C9H16O4. The molecule has 0 amide bonds. The predicted octanol–water partition coefficient (Wildman–Crippen LogP) is -0.971. The molecule has 13 heavy (non-hydrogen) atoms. The van der Waals surface area contributed by atoms with Crippen molar-refractivity contribution in [2.45, 2.75) is 25.6 Å². The molecule has 3 atom stereocenters. The lowest BCUT2D eigenvalue weighted by molar-refractivity contribution is 0.0207. The van der Waals surface area contributed by atoms with Crippen LogP contribution in [0.25, 0.3) is 0 Å². The molecule has 0 saturated carbocycles. The zero-order valence-corrected chi connectivity index (χ0v) is 7.64. The van der Waals surface area contributed by atoms with E-state index in [2.05, 4.69) is 0 Å². The molecule has 0 fully saturated rings. The standard InChI is InChI=1S/C9H16O4/c1-5-7(4-11)6(2-3-10)9(13)8(5)12/h6,8-13H,2-4H2,1H3/t6-,8-,9+/m0/s1. The highest BCUT2D eigenvalue weighted by atomic mass is 16.3. The van der Waals surface area contributed by atoms with Crippen LogP contribution < -0.4 is 0 Å². The van der Waals surface area contributed by atoms with Crippen molar-refractivity contribution < 1.29 is 20.4 Å². The van der Waals surface area contributed by atoms with Gasteiger partial charge >= 0.3 is 0 Å². The summed E-state index contributed by atoms with van der Waals surface area (Å²) in [7, 11) is 0. The summed E-state index contributed by atoms with van der Waals surface area (Å²) in [6, 6.07) is 0. The molecule has 0 unspecified atom stereocenters. The van der Waals surface area contributed by atoms with Crippen LogP contribution in [0.15, 0.2) is 11.1 Å².